The number of hydrogen-bond donors (Lipinski definition) is 1. The van der Waals surface area contributed by atoms with Gasteiger partial charge in [0.15, 0.2) is 0 Å². The molecule has 0 bridgehead atoms. The number of nitrogen functional groups attached to an aromatic ring is 1. The molecule has 3 nitrogen and oxygen atoms in total. The summed E-state index contributed by atoms with van der Waals surface area (Å²) in [6.07, 6.45) is 0.754. The third-order valence-electron chi connectivity index (χ3n) is 3.11. The Bertz CT molecular complexity index is 621. The standard InChI is InChI=1S/C15H19ClFN3/c1-5-12-19-13(14(18)20(12)15(2,3)4)9-6-10(16)8-11(17)7-9/h6-8H,5,18H2,1-4H3. The van der Waals surface area contributed by atoms with Crippen LogP contribution in [0.4, 0.5) is 10.2 Å². The van der Waals surface area contributed by atoms with Crippen molar-refractivity contribution in [3.05, 3.63) is 34.9 Å². The number of hydrogen-bond acceptors (Lipinski definition) is 2. The predicted molar refractivity (Wildman–Crippen MR) is 81.4 cm³/mol. The zero-order valence-electron chi connectivity index (χ0n) is 12.2. The Labute approximate surface area is 123 Å². The van der Waals surface area contributed by atoms with E-state index in [0.717, 1.165) is 12.2 Å². The zero-order valence-corrected chi connectivity index (χ0v) is 12.9. The van der Waals surface area contributed by atoms with Gasteiger partial charge in [0.05, 0.1) is 0 Å². The average Bonchev–Trinajstić information content (AvgIpc) is 2.64. The molecular formula is C15H19ClFN3. The number of aryl methyl sites for hydroxylation is 1. The van der Waals surface area contributed by atoms with Gasteiger partial charge in [0, 0.05) is 22.5 Å². The third kappa shape index (κ3) is 2.66. The second-order valence-corrected chi connectivity index (χ2v) is 6.22. The van der Waals surface area contributed by atoms with Gasteiger partial charge < -0.3 is 10.3 Å². The fourth-order valence-corrected chi connectivity index (χ4v) is 2.59. The summed E-state index contributed by atoms with van der Waals surface area (Å²) in [6.45, 7) is 8.21. The molecule has 20 heavy (non-hydrogen) atoms. The number of nitrogens with two attached hydrogens (primary N) is 1. The van der Waals surface area contributed by atoms with Crippen LogP contribution in [-0.4, -0.2) is 9.55 Å². The molecule has 0 aliphatic heterocycles. The van der Waals surface area contributed by atoms with Gasteiger partial charge in [-0.3, -0.25) is 0 Å². The lowest BCUT2D eigenvalue weighted by Crippen LogP contribution is -2.25. The number of halogens is 2. The first kappa shape index (κ1) is 14.9. The highest BCUT2D eigenvalue weighted by Crippen LogP contribution is 2.33. The number of imidazole rings is 1. The molecule has 1 aromatic carbocycles. The molecule has 108 valence electrons. The fourth-order valence-electron chi connectivity index (χ4n) is 2.37. The summed E-state index contributed by atoms with van der Waals surface area (Å²) in [5.41, 5.74) is 7.23. The van der Waals surface area contributed by atoms with E-state index in [1.807, 2.05) is 11.5 Å². The molecule has 2 N–H and O–H groups in total. The van der Waals surface area contributed by atoms with Crippen molar-refractivity contribution in [2.45, 2.75) is 39.7 Å². The van der Waals surface area contributed by atoms with Gasteiger partial charge in [-0.2, -0.15) is 0 Å². The molecule has 0 saturated heterocycles. The van der Waals surface area contributed by atoms with Crippen LogP contribution in [0.2, 0.25) is 5.02 Å². The van der Waals surface area contributed by atoms with Crippen LogP contribution >= 0.6 is 11.6 Å². The van der Waals surface area contributed by atoms with E-state index in [0.29, 0.717) is 22.1 Å². The molecule has 0 amide bonds. The molecule has 0 saturated carbocycles. The number of anilines is 1. The zero-order chi connectivity index (χ0) is 15.1. The van der Waals surface area contributed by atoms with Crippen LogP contribution in [0.1, 0.15) is 33.5 Å². The second-order valence-electron chi connectivity index (χ2n) is 5.78. The molecule has 0 spiro atoms. The quantitative estimate of drug-likeness (QED) is 0.900. The topological polar surface area (TPSA) is 43.8 Å². The first-order chi connectivity index (χ1) is 9.24. The summed E-state index contributed by atoms with van der Waals surface area (Å²) in [5.74, 6) is 1.02. The summed E-state index contributed by atoms with van der Waals surface area (Å²) in [6, 6.07) is 4.34. The number of aromatic nitrogens is 2. The van der Waals surface area contributed by atoms with Gasteiger partial charge in [0.2, 0.25) is 0 Å². The SMILES string of the molecule is CCc1nc(-c2cc(F)cc(Cl)c2)c(N)n1C(C)(C)C. The van der Waals surface area contributed by atoms with E-state index in [1.165, 1.54) is 12.1 Å². The summed E-state index contributed by atoms with van der Waals surface area (Å²) in [7, 11) is 0. The Morgan fingerprint density at radius 1 is 1.30 bits per heavy atom. The van der Waals surface area contributed by atoms with Crippen LogP contribution in [0.5, 0.6) is 0 Å². The molecule has 0 aliphatic rings. The summed E-state index contributed by atoms with van der Waals surface area (Å²) in [4.78, 5) is 4.56. The minimum Gasteiger partial charge on any atom is -0.383 e. The van der Waals surface area contributed by atoms with Crippen LogP contribution < -0.4 is 5.73 Å². The minimum atomic E-state index is -0.393. The van der Waals surface area contributed by atoms with E-state index in [-0.39, 0.29) is 5.54 Å². The highest BCUT2D eigenvalue weighted by Gasteiger charge is 2.24. The molecular weight excluding hydrogens is 277 g/mol. The van der Waals surface area contributed by atoms with Gasteiger partial charge in [-0.25, -0.2) is 9.37 Å². The van der Waals surface area contributed by atoms with E-state index in [4.69, 9.17) is 17.3 Å². The molecule has 0 atom stereocenters. The van der Waals surface area contributed by atoms with E-state index >= 15 is 0 Å². The first-order valence-corrected chi connectivity index (χ1v) is 6.96. The molecule has 1 aromatic heterocycles. The van der Waals surface area contributed by atoms with Crippen molar-refractivity contribution >= 4 is 17.4 Å². The number of nitrogens with zero attached hydrogens (tertiary/aromatic N) is 2. The minimum absolute atomic E-state index is 0.183. The average molecular weight is 296 g/mol. The molecule has 0 unspecified atom stereocenters. The maximum atomic E-state index is 13.5. The highest BCUT2D eigenvalue weighted by molar-refractivity contribution is 6.30. The van der Waals surface area contributed by atoms with Gasteiger partial charge >= 0.3 is 0 Å². The van der Waals surface area contributed by atoms with E-state index in [1.54, 1.807) is 6.07 Å². The monoisotopic (exact) mass is 295 g/mol. The third-order valence-corrected chi connectivity index (χ3v) is 3.32. The molecule has 5 heteroatoms. The second kappa shape index (κ2) is 5.09. The van der Waals surface area contributed by atoms with Crippen molar-refractivity contribution in [2.75, 3.05) is 5.73 Å². The van der Waals surface area contributed by atoms with Gasteiger partial charge in [-0.15, -0.1) is 0 Å². The molecule has 2 rings (SSSR count). The van der Waals surface area contributed by atoms with E-state index in [9.17, 15) is 4.39 Å². The first-order valence-electron chi connectivity index (χ1n) is 6.58. The van der Waals surface area contributed by atoms with Gasteiger partial charge in [-0.05, 0) is 39.0 Å². The largest absolute Gasteiger partial charge is 0.383 e. The molecule has 0 fully saturated rings. The lowest BCUT2D eigenvalue weighted by molar-refractivity contribution is 0.389. The van der Waals surface area contributed by atoms with Crippen LogP contribution in [0, 0.1) is 5.82 Å². The normalized spacial score (nSPS) is 11.9. The molecule has 1 heterocycles. The Morgan fingerprint density at radius 2 is 1.95 bits per heavy atom. The highest BCUT2D eigenvalue weighted by atomic mass is 35.5. The van der Waals surface area contributed by atoms with Gasteiger partial charge in [0.25, 0.3) is 0 Å². The molecule has 2 aromatic rings. The Hall–Kier alpha value is -1.55. The van der Waals surface area contributed by atoms with E-state index < -0.39 is 5.82 Å². The fraction of sp³-hybridized carbons (Fsp3) is 0.400. The predicted octanol–water partition coefficient (Wildman–Crippen LogP) is 4.24. The number of rotatable bonds is 2. The van der Waals surface area contributed by atoms with Gasteiger partial charge in [0.1, 0.15) is 23.2 Å². The van der Waals surface area contributed by atoms with Crippen LogP contribution in [0.3, 0.4) is 0 Å². The maximum Gasteiger partial charge on any atom is 0.132 e. The van der Waals surface area contributed by atoms with Crippen molar-refractivity contribution in [3.8, 4) is 11.3 Å². The summed E-state index contributed by atoms with van der Waals surface area (Å²) >= 11 is 5.91. The van der Waals surface area contributed by atoms with Crippen molar-refractivity contribution in [1.29, 1.82) is 0 Å². The van der Waals surface area contributed by atoms with Crippen molar-refractivity contribution in [1.82, 2.24) is 9.55 Å². The number of benzene rings is 1. The van der Waals surface area contributed by atoms with Crippen molar-refractivity contribution < 1.29 is 4.39 Å². The van der Waals surface area contributed by atoms with Crippen LogP contribution in [0.25, 0.3) is 11.3 Å². The summed E-state index contributed by atoms with van der Waals surface area (Å²) in [5, 5.41) is 0.336. The Balaban J connectivity index is 2.67. The van der Waals surface area contributed by atoms with Gasteiger partial charge in [-0.1, -0.05) is 18.5 Å². The van der Waals surface area contributed by atoms with Crippen molar-refractivity contribution in [3.63, 3.8) is 0 Å². The Kier molecular flexibility index (Phi) is 3.78. The van der Waals surface area contributed by atoms with Crippen LogP contribution in [-0.2, 0) is 12.0 Å². The lowest BCUT2D eigenvalue weighted by Gasteiger charge is -2.24. The van der Waals surface area contributed by atoms with Crippen LogP contribution in [0.15, 0.2) is 18.2 Å². The maximum absolute atomic E-state index is 13.5. The Morgan fingerprint density at radius 3 is 2.40 bits per heavy atom. The smallest absolute Gasteiger partial charge is 0.132 e. The molecule has 0 radical (unpaired) electrons. The van der Waals surface area contributed by atoms with E-state index in [2.05, 4.69) is 25.8 Å². The molecule has 0 aliphatic carbocycles. The van der Waals surface area contributed by atoms with Crippen molar-refractivity contribution in [2.24, 2.45) is 0 Å². The summed E-state index contributed by atoms with van der Waals surface area (Å²) < 4.78 is 15.5. The lowest BCUT2D eigenvalue weighted by atomic mass is 10.1.